The first-order valence-electron chi connectivity index (χ1n) is 10.7. The quantitative estimate of drug-likeness (QED) is 0.196. The molecule has 0 amide bonds. The van der Waals surface area contributed by atoms with Crippen molar-refractivity contribution in [3.8, 4) is 0 Å². The Morgan fingerprint density at radius 2 is 2.00 bits per heavy atom. The molecule has 1 aliphatic carbocycles. The van der Waals surface area contributed by atoms with Crippen LogP contribution in [0.25, 0.3) is 22.6 Å². The maximum atomic E-state index is 13.3. The first-order chi connectivity index (χ1) is 16.1. The molecule has 0 radical (unpaired) electrons. The van der Waals surface area contributed by atoms with Gasteiger partial charge in [0.25, 0.3) is 5.69 Å². The minimum absolute atomic E-state index is 0.0290. The Morgan fingerprint density at radius 1 is 1.12 bits per heavy atom. The molecule has 0 N–H and O–H groups in total. The van der Waals surface area contributed by atoms with Gasteiger partial charge in [-0.3, -0.25) is 10.1 Å². The smallest absolute Gasteiger partial charge is 0.339 e. The molecular formula is C26H20N2O4S. The molecule has 33 heavy (non-hydrogen) atoms. The van der Waals surface area contributed by atoms with Crippen molar-refractivity contribution < 1.29 is 14.5 Å². The van der Waals surface area contributed by atoms with Crippen molar-refractivity contribution in [2.24, 2.45) is 0 Å². The zero-order valence-corrected chi connectivity index (χ0v) is 18.5. The molecule has 1 aliphatic rings. The summed E-state index contributed by atoms with van der Waals surface area (Å²) in [6.45, 7) is -0.0379. The number of aromatic nitrogens is 1. The van der Waals surface area contributed by atoms with Gasteiger partial charge in [-0.05, 0) is 59.6 Å². The number of benzene rings is 2. The van der Waals surface area contributed by atoms with E-state index >= 15 is 0 Å². The molecule has 0 spiro atoms. The van der Waals surface area contributed by atoms with Gasteiger partial charge < -0.3 is 4.74 Å². The number of rotatable bonds is 5. The summed E-state index contributed by atoms with van der Waals surface area (Å²) in [4.78, 5) is 30.0. The Bertz CT molecular complexity index is 1390. The lowest BCUT2D eigenvalue weighted by molar-refractivity contribution is -0.384. The summed E-state index contributed by atoms with van der Waals surface area (Å²) in [7, 11) is 0. The summed E-state index contributed by atoms with van der Waals surface area (Å²) >= 11 is 1.67. The molecule has 0 bridgehead atoms. The fraction of sp³-hybridized carbons (Fsp3) is 0.154. The SMILES string of the molecule is O=C(OCc1cccc([N+](=O)[O-])c1)c1c2c(nc3ccccc13)C(=Cc1cccs1)CCC2. The number of nitro benzene ring substituents is 1. The molecule has 2 heterocycles. The number of thiophene rings is 1. The number of pyridine rings is 1. The van der Waals surface area contributed by atoms with Crippen molar-refractivity contribution in [3.63, 3.8) is 0 Å². The number of ether oxygens (including phenoxy) is 1. The molecule has 0 unspecified atom stereocenters. The van der Waals surface area contributed by atoms with Crippen LogP contribution in [0, 0.1) is 10.1 Å². The van der Waals surface area contributed by atoms with Crippen LogP contribution >= 0.6 is 11.3 Å². The van der Waals surface area contributed by atoms with Gasteiger partial charge in [0.05, 0.1) is 21.7 Å². The number of hydrogen-bond donors (Lipinski definition) is 0. The van der Waals surface area contributed by atoms with Gasteiger partial charge >= 0.3 is 5.97 Å². The monoisotopic (exact) mass is 456 g/mol. The van der Waals surface area contributed by atoms with Crippen LogP contribution in [0.3, 0.4) is 0 Å². The molecule has 2 aromatic carbocycles. The predicted octanol–water partition coefficient (Wildman–Crippen LogP) is 6.44. The maximum Gasteiger partial charge on any atom is 0.339 e. The highest BCUT2D eigenvalue weighted by molar-refractivity contribution is 7.10. The molecular weight excluding hydrogens is 436 g/mol. The summed E-state index contributed by atoms with van der Waals surface area (Å²) in [5.74, 6) is -0.436. The van der Waals surface area contributed by atoms with E-state index in [2.05, 4.69) is 12.1 Å². The van der Waals surface area contributed by atoms with Crippen LogP contribution < -0.4 is 0 Å². The molecule has 0 atom stereocenters. The topological polar surface area (TPSA) is 82.3 Å². The fourth-order valence-corrected chi connectivity index (χ4v) is 4.92. The zero-order chi connectivity index (χ0) is 22.8. The second kappa shape index (κ2) is 8.96. The van der Waals surface area contributed by atoms with Crippen LogP contribution in [0.15, 0.2) is 66.0 Å². The van der Waals surface area contributed by atoms with Gasteiger partial charge in [0.1, 0.15) is 6.61 Å². The maximum absolute atomic E-state index is 13.3. The standard InChI is InChI=1S/C26H20N2O4S/c29-26(32-16-17-6-3-8-19(14-17)28(30)31)24-21-10-1-2-12-23(21)27-25-18(7-4-11-22(24)25)15-20-9-5-13-33-20/h1-3,5-6,8-10,12-15H,4,7,11,16H2. The van der Waals surface area contributed by atoms with Crippen LogP contribution in [0.1, 0.15) is 44.9 Å². The Balaban J connectivity index is 1.54. The van der Waals surface area contributed by atoms with E-state index in [9.17, 15) is 14.9 Å². The van der Waals surface area contributed by atoms with Crippen molar-refractivity contribution >= 4 is 45.5 Å². The number of para-hydroxylation sites is 1. The molecule has 6 nitrogen and oxygen atoms in total. The van der Waals surface area contributed by atoms with Gasteiger partial charge in [0.2, 0.25) is 0 Å². The first-order valence-corrected chi connectivity index (χ1v) is 11.5. The van der Waals surface area contributed by atoms with E-state index in [0.29, 0.717) is 11.1 Å². The Kier molecular flexibility index (Phi) is 5.71. The number of carbonyl (C=O) groups is 1. The highest BCUT2D eigenvalue weighted by atomic mass is 32.1. The fourth-order valence-electron chi connectivity index (χ4n) is 4.23. The largest absolute Gasteiger partial charge is 0.457 e. The van der Waals surface area contributed by atoms with Crippen LogP contribution in [-0.2, 0) is 17.8 Å². The van der Waals surface area contributed by atoms with Gasteiger partial charge in [0, 0.05) is 22.4 Å². The average molecular weight is 457 g/mol. The number of non-ortho nitro benzene ring substituents is 1. The molecule has 0 saturated carbocycles. The van der Waals surface area contributed by atoms with Crippen LogP contribution in [0.2, 0.25) is 0 Å². The Hall–Kier alpha value is -3.84. The molecule has 164 valence electrons. The summed E-state index contributed by atoms with van der Waals surface area (Å²) < 4.78 is 5.66. The van der Waals surface area contributed by atoms with Gasteiger partial charge in [-0.25, -0.2) is 9.78 Å². The second-order valence-corrected chi connectivity index (χ2v) is 8.85. The first kappa shape index (κ1) is 21.0. The number of hydrogen-bond acceptors (Lipinski definition) is 6. The van der Waals surface area contributed by atoms with E-state index in [1.54, 1.807) is 23.5 Å². The third kappa shape index (κ3) is 4.27. The average Bonchev–Trinajstić information content (AvgIpc) is 3.35. The summed E-state index contributed by atoms with van der Waals surface area (Å²) in [6.07, 6.45) is 4.73. The number of carbonyl (C=O) groups excluding carboxylic acids is 1. The number of allylic oxidation sites excluding steroid dienone is 1. The lowest BCUT2D eigenvalue weighted by Crippen LogP contribution is -2.15. The molecule has 0 fully saturated rings. The van der Waals surface area contributed by atoms with E-state index in [1.165, 1.54) is 12.1 Å². The van der Waals surface area contributed by atoms with E-state index in [1.807, 2.05) is 35.7 Å². The predicted molar refractivity (Wildman–Crippen MR) is 129 cm³/mol. The van der Waals surface area contributed by atoms with Crippen molar-refractivity contribution in [1.82, 2.24) is 4.98 Å². The molecule has 7 heteroatoms. The van der Waals surface area contributed by atoms with Crippen molar-refractivity contribution in [2.45, 2.75) is 25.9 Å². The Labute approximate surface area is 194 Å². The molecule has 0 saturated heterocycles. The van der Waals surface area contributed by atoms with E-state index in [4.69, 9.17) is 9.72 Å². The van der Waals surface area contributed by atoms with E-state index in [-0.39, 0.29) is 12.3 Å². The Morgan fingerprint density at radius 3 is 2.82 bits per heavy atom. The zero-order valence-electron chi connectivity index (χ0n) is 17.7. The molecule has 2 aromatic heterocycles. The van der Waals surface area contributed by atoms with Crippen molar-refractivity contribution in [1.29, 1.82) is 0 Å². The van der Waals surface area contributed by atoms with Crippen LogP contribution in [0.4, 0.5) is 5.69 Å². The minimum Gasteiger partial charge on any atom is -0.457 e. The van der Waals surface area contributed by atoms with Crippen LogP contribution in [0.5, 0.6) is 0 Å². The van der Waals surface area contributed by atoms with Crippen molar-refractivity contribution in [3.05, 3.63) is 103 Å². The third-order valence-electron chi connectivity index (χ3n) is 5.73. The van der Waals surface area contributed by atoms with Gasteiger partial charge in [-0.2, -0.15) is 0 Å². The second-order valence-electron chi connectivity index (χ2n) is 7.87. The summed E-state index contributed by atoms with van der Waals surface area (Å²) in [6, 6.07) is 17.8. The highest BCUT2D eigenvalue weighted by Gasteiger charge is 2.26. The number of fused-ring (bicyclic) bond motifs is 2. The number of esters is 1. The highest BCUT2D eigenvalue weighted by Crippen LogP contribution is 2.37. The summed E-state index contributed by atoms with van der Waals surface area (Å²) in [5.41, 5.74) is 4.72. The van der Waals surface area contributed by atoms with E-state index in [0.717, 1.165) is 51.9 Å². The van der Waals surface area contributed by atoms with Gasteiger partial charge in [-0.1, -0.05) is 36.4 Å². The van der Waals surface area contributed by atoms with Gasteiger partial charge in [0.15, 0.2) is 0 Å². The number of nitrogens with zero attached hydrogens (tertiary/aromatic N) is 2. The lowest BCUT2D eigenvalue weighted by atomic mass is 9.86. The number of nitro groups is 1. The molecule has 4 aromatic rings. The van der Waals surface area contributed by atoms with Crippen LogP contribution in [-0.4, -0.2) is 15.9 Å². The normalized spacial score (nSPS) is 14.2. The third-order valence-corrected chi connectivity index (χ3v) is 6.54. The summed E-state index contributed by atoms with van der Waals surface area (Å²) in [5, 5.41) is 13.9. The van der Waals surface area contributed by atoms with Gasteiger partial charge in [-0.15, -0.1) is 11.3 Å². The van der Waals surface area contributed by atoms with E-state index < -0.39 is 10.9 Å². The minimum atomic E-state index is -0.459. The van der Waals surface area contributed by atoms with Crippen molar-refractivity contribution in [2.75, 3.05) is 0 Å². The molecule has 5 rings (SSSR count). The molecule has 0 aliphatic heterocycles. The lowest BCUT2D eigenvalue weighted by Gasteiger charge is -2.22.